The van der Waals surface area contributed by atoms with Crippen molar-refractivity contribution in [1.82, 2.24) is 10.6 Å². The predicted octanol–water partition coefficient (Wildman–Crippen LogP) is 5.57. The third kappa shape index (κ3) is 20.6. The van der Waals surface area contributed by atoms with Gasteiger partial charge in [-0.15, -0.1) is 0 Å². The Morgan fingerprint density at radius 3 is 1.94 bits per heavy atom. The molecule has 0 unspecified atom stereocenters. The van der Waals surface area contributed by atoms with Crippen molar-refractivity contribution in [2.45, 2.75) is 117 Å². The molecule has 0 heterocycles. The second-order valence-corrected chi connectivity index (χ2v) is 12.1. The van der Waals surface area contributed by atoms with Gasteiger partial charge in [0.1, 0.15) is 6.61 Å². The van der Waals surface area contributed by atoms with E-state index < -0.39 is 23.7 Å². The average Bonchev–Trinajstić information content (AvgIpc) is 2.77. The third-order valence-corrected chi connectivity index (χ3v) is 6.16. The summed E-state index contributed by atoms with van der Waals surface area (Å²) in [7, 11) is 6.14. The molecule has 0 bridgehead atoms. The molecule has 0 aliphatic heterocycles. The van der Waals surface area contributed by atoms with E-state index >= 15 is 0 Å². The highest BCUT2D eigenvalue weighted by molar-refractivity contribution is 5.81. The van der Waals surface area contributed by atoms with Crippen LogP contribution in [0.1, 0.15) is 105 Å². The van der Waals surface area contributed by atoms with E-state index in [-0.39, 0.29) is 12.5 Å². The molecule has 2 atom stereocenters. The van der Waals surface area contributed by atoms with Crippen molar-refractivity contribution in [2.24, 2.45) is 5.41 Å². The topological polar surface area (TPSA) is 87.7 Å². The summed E-state index contributed by atoms with van der Waals surface area (Å²) in [5, 5.41) is 16.2. The maximum atomic E-state index is 12.5. The lowest BCUT2D eigenvalue weighted by Crippen LogP contribution is -2.50. The normalized spacial score (nSPS) is 14.0. The number of alkyl carbamates (subject to hydrolysis) is 1. The van der Waals surface area contributed by atoms with Crippen LogP contribution in [0.15, 0.2) is 12.2 Å². The van der Waals surface area contributed by atoms with E-state index in [2.05, 4.69) is 17.6 Å². The quantitative estimate of drug-likeness (QED) is 0.113. The van der Waals surface area contributed by atoms with Crippen molar-refractivity contribution in [3.63, 3.8) is 0 Å². The van der Waals surface area contributed by atoms with E-state index in [1.807, 2.05) is 48.0 Å². The summed E-state index contributed by atoms with van der Waals surface area (Å²) in [6.45, 7) is 8.85. The van der Waals surface area contributed by atoms with Crippen molar-refractivity contribution in [3.05, 3.63) is 12.2 Å². The minimum Gasteiger partial charge on any atom is -0.447 e. The molecule has 212 valence electrons. The second kappa shape index (κ2) is 19.5. The number of unbranched alkanes of at least 4 members (excludes halogenated alkanes) is 11. The molecule has 3 N–H and O–H groups in total. The highest BCUT2D eigenvalue weighted by Crippen LogP contribution is 2.15. The number of ether oxygens (including phenoxy) is 1. The van der Waals surface area contributed by atoms with E-state index in [1.165, 1.54) is 64.2 Å². The predicted molar refractivity (Wildman–Crippen MR) is 150 cm³/mol. The monoisotopic (exact) mass is 512 g/mol. The second-order valence-electron chi connectivity index (χ2n) is 12.1. The summed E-state index contributed by atoms with van der Waals surface area (Å²) in [5.74, 6) is -0.195. The fourth-order valence-electron chi connectivity index (χ4n) is 3.62. The fraction of sp³-hybridized carbons (Fsp3) is 0.862. The van der Waals surface area contributed by atoms with Crippen LogP contribution in [0.25, 0.3) is 0 Å². The van der Waals surface area contributed by atoms with Crippen molar-refractivity contribution in [3.8, 4) is 0 Å². The van der Waals surface area contributed by atoms with Gasteiger partial charge in [0.15, 0.2) is 0 Å². The van der Waals surface area contributed by atoms with Crippen LogP contribution in [0.4, 0.5) is 4.79 Å². The van der Waals surface area contributed by atoms with Crippen LogP contribution in [-0.2, 0) is 9.53 Å². The van der Waals surface area contributed by atoms with Gasteiger partial charge in [-0.2, -0.15) is 0 Å². The minimum atomic E-state index is -0.928. The van der Waals surface area contributed by atoms with Gasteiger partial charge in [-0.25, -0.2) is 4.79 Å². The Balaban J connectivity index is 4.36. The number of carbonyl (C=O) groups excluding carboxylic acids is 2. The summed E-state index contributed by atoms with van der Waals surface area (Å²) >= 11 is 0. The number of hydrogen-bond acceptors (Lipinski definition) is 4. The Bertz CT molecular complexity index is 609. The molecule has 0 aliphatic carbocycles. The molecular formula is C29H58N3O4+. The first-order chi connectivity index (χ1) is 16.9. The van der Waals surface area contributed by atoms with Crippen LogP contribution in [0.3, 0.4) is 0 Å². The number of hydrogen-bond donors (Lipinski definition) is 3. The van der Waals surface area contributed by atoms with Crippen LogP contribution in [0, 0.1) is 5.41 Å². The van der Waals surface area contributed by atoms with Crippen molar-refractivity contribution < 1.29 is 23.9 Å². The van der Waals surface area contributed by atoms with Crippen molar-refractivity contribution >= 4 is 12.0 Å². The molecule has 0 saturated carbocycles. The summed E-state index contributed by atoms with van der Waals surface area (Å²) < 4.78 is 6.04. The smallest absolute Gasteiger partial charge is 0.407 e. The molecule has 36 heavy (non-hydrogen) atoms. The molecule has 0 radical (unpaired) electrons. The van der Waals surface area contributed by atoms with Gasteiger partial charge in [-0.3, -0.25) is 4.79 Å². The van der Waals surface area contributed by atoms with Gasteiger partial charge in [0.2, 0.25) is 5.91 Å². The van der Waals surface area contributed by atoms with Gasteiger partial charge in [0.25, 0.3) is 0 Å². The molecule has 0 aromatic rings. The summed E-state index contributed by atoms with van der Waals surface area (Å²) in [5.41, 5.74) is -0.607. The first-order valence-corrected chi connectivity index (χ1v) is 14.2. The van der Waals surface area contributed by atoms with Crippen molar-refractivity contribution in [1.29, 1.82) is 0 Å². The van der Waals surface area contributed by atoms with Crippen molar-refractivity contribution in [2.75, 3.05) is 40.8 Å². The molecule has 0 spiro atoms. The van der Waals surface area contributed by atoms with E-state index in [1.54, 1.807) is 6.08 Å². The highest BCUT2D eigenvalue weighted by Gasteiger charge is 2.27. The highest BCUT2D eigenvalue weighted by atomic mass is 16.5. The Morgan fingerprint density at radius 2 is 1.44 bits per heavy atom. The number of rotatable bonds is 20. The molecule has 0 rings (SSSR count). The summed E-state index contributed by atoms with van der Waals surface area (Å²) in [6.07, 6.45) is 17.4. The lowest BCUT2D eigenvalue weighted by molar-refractivity contribution is -0.869. The zero-order chi connectivity index (χ0) is 27.5. The van der Waals surface area contributed by atoms with Crippen LogP contribution in [0.5, 0.6) is 0 Å². The minimum absolute atomic E-state index is 0.0953. The Hall–Kier alpha value is -1.60. The number of carbonyl (C=O) groups is 2. The lowest BCUT2D eigenvalue weighted by Gasteiger charge is -2.26. The SMILES string of the molecule is CCCCCCCCCCCCC/C=C/[C@@H](O)[C@H](COC(=O)NCC[N+](C)(C)C)NC(=O)C(C)(C)C. The largest absolute Gasteiger partial charge is 0.447 e. The molecule has 0 aromatic carbocycles. The summed E-state index contributed by atoms with van der Waals surface area (Å²) in [6, 6.07) is -0.700. The standard InChI is InChI=1S/C29H57N3O4/c1-8-9-10-11-12-13-14-15-16-17-18-19-20-21-26(33)25(31-27(34)29(2,3)4)24-36-28(35)30-22-23-32(5,6)7/h20-21,25-26,33H,8-19,22-24H2,1-7H3,(H-,30,31,34,35)/p+1/b21-20+/t25-,26+/m0/s1. The Labute approximate surface area is 222 Å². The zero-order valence-electron chi connectivity index (χ0n) is 24.5. The van der Waals surface area contributed by atoms with Crippen LogP contribution >= 0.6 is 0 Å². The molecule has 0 fully saturated rings. The third-order valence-electron chi connectivity index (χ3n) is 6.16. The van der Waals surface area contributed by atoms with Gasteiger partial charge >= 0.3 is 6.09 Å². The lowest BCUT2D eigenvalue weighted by atomic mass is 9.95. The molecule has 7 nitrogen and oxygen atoms in total. The van der Waals surface area contributed by atoms with Crippen LogP contribution in [-0.4, -0.2) is 74.6 Å². The zero-order valence-corrected chi connectivity index (χ0v) is 24.5. The summed E-state index contributed by atoms with van der Waals surface area (Å²) in [4.78, 5) is 24.6. The van der Waals surface area contributed by atoms with Crippen LogP contribution in [0.2, 0.25) is 0 Å². The van der Waals surface area contributed by atoms with E-state index in [9.17, 15) is 14.7 Å². The van der Waals surface area contributed by atoms with Gasteiger partial charge in [0.05, 0.1) is 46.4 Å². The number of nitrogens with one attached hydrogen (secondary N) is 2. The fourth-order valence-corrected chi connectivity index (χ4v) is 3.62. The Morgan fingerprint density at radius 1 is 0.917 bits per heavy atom. The first-order valence-electron chi connectivity index (χ1n) is 14.2. The van der Waals surface area contributed by atoms with E-state index in [0.29, 0.717) is 6.54 Å². The number of aliphatic hydroxyl groups excluding tert-OH is 1. The molecule has 0 aromatic heterocycles. The number of nitrogens with zero attached hydrogens (tertiary/aromatic N) is 1. The molecule has 0 saturated heterocycles. The molecular weight excluding hydrogens is 454 g/mol. The first kappa shape index (κ1) is 34.4. The Kier molecular flexibility index (Phi) is 18.6. The van der Waals surface area contributed by atoms with Gasteiger partial charge in [0, 0.05) is 5.41 Å². The van der Waals surface area contributed by atoms with Gasteiger partial charge in [-0.1, -0.05) is 104 Å². The molecule has 2 amide bonds. The molecule has 0 aliphatic rings. The van der Waals surface area contributed by atoms with Gasteiger partial charge < -0.3 is 25.0 Å². The van der Waals surface area contributed by atoms with E-state index in [4.69, 9.17) is 4.74 Å². The number of likely N-dealkylation sites (N-methyl/N-ethyl adjacent to an activating group) is 1. The molecule has 7 heteroatoms. The maximum Gasteiger partial charge on any atom is 0.407 e. The average molecular weight is 513 g/mol. The maximum absolute atomic E-state index is 12.5. The number of amides is 2. The van der Waals surface area contributed by atoms with E-state index in [0.717, 1.165) is 23.9 Å². The van der Waals surface area contributed by atoms with Crippen LogP contribution < -0.4 is 10.6 Å². The number of quaternary nitrogens is 1. The number of allylic oxidation sites excluding steroid dienone is 1. The number of aliphatic hydroxyl groups is 1. The van der Waals surface area contributed by atoms with Gasteiger partial charge in [-0.05, 0) is 12.8 Å².